The van der Waals surface area contributed by atoms with E-state index in [-0.39, 0.29) is 11.5 Å². The normalized spacial score (nSPS) is 31.9. The van der Waals surface area contributed by atoms with E-state index in [1.807, 2.05) is 11.8 Å². The molecule has 1 aliphatic carbocycles. The summed E-state index contributed by atoms with van der Waals surface area (Å²) in [6.07, 6.45) is 5.47. The van der Waals surface area contributed by atoms with Crippen molar-refractivity contribution in [3.05, 3.63) is 0 Å². The van der Waals surface area contributed by atoms with Gasteiger partial charge in [-0.05, 0) is 43.1 Å². The monoisotopic (exact) mass is 245 g/mol. The van der Waals surface area contributed by atoms with Gasteiger partial charge >= 0.3 is 0 Å². The second-order valence-electron chi connectivity index (χ2n) is 5.08. The van der Waals surface area contributed by atoms with E-state index >= 15 is 0 Å². The van der Waals surface area contributed by atoms with Crippen LogP contribution >= 0.6 is 11.8 Å². The van der Waals surface area contributed by atoms with Crippen LogP contribution in [0.25, 0.3) is 0 Å². The number of aliphatic hydroxyl groups is 1. The maximum absolute atomic E-state index is 10.3. The Labute approximate surface area is 104 Å². The van der Waals surface area contributed by atoms with Crippen LogP contribution in [0.3, 0.4) is 0 Å². The molecule has 3 heteroatoms. The van der Waals surface area contributed by atoms with E-state index in [1.165, 1.54) is 12.8 Å². The molecule has 16 heavy (non-hydrogen) atoms. The van der Waals surface area contributed by atoms with E-state index in [4.69, 9.17) is 5.73 Å². The maximum atomic E-state index is 10.3. The first-order chi connectivity index (χ1) is 7.68. The van der Waals surface area contributed by atoms with Crippen LogP contribution in [-0.4, -0.2) is 29.3 Å². The third-order valence-corrected chi connectivity index (χ3v) is 5.11. The van der Waals surface area contributed by atoms with Gasteiger partial charge in [-0.15, -0.1) is 0 Å². The minimum absolute atomic E-state index is 0.0367. The lowest BCUT2D eigenvalue weighted by atomic mass is 9.78. The average molecular weight is 245 g/mol. The van der Waals surface area contributed by atoms with Gasteiger partial charge in [0.15, 0.2) is 0 Å². The van der Waals surface area contributed by atoms with Crippen molar-refractivity contribution < 1.29 is 5.11 Å². The van der Waals surface area contributed by atoms with Crippen LogP contribution in [0, 0.1) is 11.3 Å². The van der Waals surface area contributed by atoms with E-state index in [0.717, 1.165) is 36.7 Å². The van der Waals surface area contributed by atoms with Crippen molar-refractivity contribution in [2.75, 3.05) is 18.1 Å². The molecule has 1 fully saturated rings. The smallest absolute Gasteiger partial charge is 0.0616 e. The molecular weight excluding hydrogens is 218 g/mol. The number of hydrogen-bond acceptors (Lipinski definition) is 3. The molecule has 3 N–H and O–H groups in total. The van der Waals surface area contributed by atoms with Gasteiger partial charge in [-0.3, -0.25) is 0 Å². The van der Waals surface area contributed by atoms with Crippen molar-refractivity contribution in [1.82, 2.24) is 0 Å². The first-order valence-corrected chi connectivity index (χ1v) is 7.80. The summed E-state index contributed by atoms with van der Waals surface area (Å²) in [4.78, 5) is 0. The van der Waals surface area contributed by atoms with Crippen molar-refractivity contribution in [1.29, 1.82) is 0 Å². The average Bonchev–Trinajstić information content (AvgIpc) is 2.74. The number of thioether (sulfide) groups is 1. The lowest BCUT2D eigenvalue weighted by Gasteiger charge is -2.33. The topological polar surface area (TPSA) is 46.2 Å². The second-order valence-corrected chi connectivity index (χ2v) is 6.48. The number of hydrogen-bond donors (Lipinski definition) is 2. The highest BCUT2D eigenvalue weighted by molar-refractivity contribution is 7.99. The van der Waals surface area contributed by atoms with Gasteiger partial charge in [-0.1, -0.05) is 20.3 Å². The fraction of sp³-hybridized carbons (Fsp3) is 1.00. The summed E-state index contributed by atoms with van der Waals surface area (Å²) in [6.45, 7) is 5.07. The predicted octanol–water partition coefficient (Wildman–Crippen LogP) is 2.65. The van der Waals surface area contributed by atoms with Crippen LogP contribution in [0.1, 0.15) is 46.0 Å². The standard InChI is InChI=1S/C13H27NOS/c1-3-11-5-7-13(9-11,10-14)12(15)6-8-16-4-2/h11-12,15H,3-10,14H2,1-2H3. The van der Waals surface area contributed by atoms with Crippen molar-refractivity contribution in [2.45, 2.75) is 52.1 Å². The first-order valence-electron chi connectivity index (χ1n) is 6.64. The van der Waals surface area contributed by atoms with Crippen LogP contribution in [0.4, 0.5) is 0 Å². The Hall–Kier alpha value is 0.270. The van der Waals surface area contributed by atoms with E-state index in [0.29, 0.717) is 6.54 Å². The Morgan fingerprint density at radius 2 is 2.25 bits per heavy atom. The van der Waals surface area contributed by atoms with E-state index in [2.05, 4.69) is 13.8 Å². The molecule has 0 radical (unpaired) electrons. The van der Waals surface area contributed by atoms with E-state index < -0.39 is 0 Å². The summed E-state index contributed by atoms with van der Waals surface area (Å²) >= 11 is 1.91. The highest BCUT2D eigenvalue weighted by atomic mass is 32.2. The Bertz CT molecular complexity index is 200. The number of rotatable bonds is 7. The molecule has 0 aromatic heterocycles. The number of nitrogens with two attached hydrogens (primary N) is 1. The molecule has 0 bridgehead atoms. The van der Waals surface area contributed by atoms with Gasteiger partial charge in [0, 0.05) is 12.0 Å². The quantitative estimate of drug-likeness (QED) is 0.678. The zero-order valence-corrected chi connectivity index (χ0v) is 11.6. The molecule has 1 saturated carbocycles. The highest BCUT2D eigenvalue weighted by Gasteiger charge is 2.42. The van der Waals surface area contributed by atoms with Gasteiger partial charge in [0.05, 0.1) is 6.10 Å². The molecule has 0 aromatic rings. The molecule has 0 aromatic carbocycles. The van der Waals surface area contributed by atoms with Gasteiger partial charge in [0.2, 0.25) is 0 Å². The summed E-state index contributed by atoms with van der Waals surface area (Å²) in [5.41, 5.74) is 5.96. The molecule has 2 nitrogen and oxygen atoms in total. The highest BCUT2D eigenvalue weighted by Crippen LogP contribution is 2.45. The summed E-state index contributed by atoms with van der Waals surface area (Å²) in [5, 5.41) is 10.3. The van der Waals surface area contributed by atoms with Gasteiger partial charge < -0.3 is 10.8 Å². The maximum Gasteiger partial charge on any atom is 0.0616 e. The fourth-order valence-electron chi connectivity index (χ4n) is 2.89. The Kier molecular flexibility index (Phi) is 6.16. The van der Waals surface area contributed by atoms with Crippen LogP contribution in [-0.2, 0) is 0 Å². The third kappa shape index (κ3) is 3.38. The molecular formula is C13H27NOS. The minimum Gasteiger partial charge on any atom is -0.392 e. The molecule has 0 spiro atoms. The summed E-state index contributed by atoms with van der Waals surface area (Å²) in [5.74, 6) is 2.99. The zero-order valence-electron chi connectivity index (χ0n) is 10.7. The third-order valence-electron chi connectivity index (χ3n) is 4.18. The van der Waals surface area contributed by atoms with Crippen molar-refractivity contribution in [3.63, 3.8) is 0 Å². The summed E-state index contributed by atoms with van der Waals surface area (Å²) in [6, 6.07) is 0. The van der Waals surface area contributed by atoms with Crippen LogP contribution < -0.4 is 5.73 Å². The van der Waals surface area contributed by atoms with Gasteiger partial charge in [-0.25, -0.2) is 0 Å². The Balaban J connectivity index is 2.46. The van der Waals surface area contributed by atoms with Crippen molar-refractivity contribution in [2.24, 2.45) is 17.1 Å². The minimum atomic E-state index is -0.187. The molecule has 0 amide bonds. The lowest BCUT2D eigenvalue weighted by molar-refractivity contribution is 0.0297. The lowest BCUT2D eigenvalue weighted by Crippen LogP contribution is -2.40. The van der Waals surface area contributed by atoms with Crippen LogP contribution in [0.5, 0.6) is 0 Å². The van der Waals surface area contributed by atoms with Crippen molar-refractivity contribution >= 4 is 11.8 Å². The molecule has 0 heterocycles. The van der Waals surface area contributed by atoms with Gasteiger partial charge in [0.25, 0.3) is 0 Å². The van der Waals surface area contributed by atoms with Crippen LogP contribution in [0.2, 0.25) is 0 Å². The molecule has 0 aliphatic heterocycles. The summed E-state index contributed by atoms with van der Waals surface area (Å²) in [7, 11) is 0. The predicted molar refractivity (Wildman–Crippen MR) is 72.7 cm³/mol. The molecule has 3 atom stereocenters. The van der Waals surface area contributed by atoms with Crippen LogP contribution in [0.15, 0.2) is 0 Å². The summed E-state index contributed by atoms with van der Waals surface area (Å²) < 4.78 is 0. The van der Waals surface area contributed by atoms with E-state index in [1.54, 1.807) is 0 Å². The second kappa shape index (κ2) is 6.87. The van der Waals surface area contributed by atoms with Gasteiger partial charge in [0.1, 0.15) is 0 Å². The first kappa shape index (κ1) is 14.3. The molecule has 1 rings (SSSR count). The van der Waals surface area contributed by atoms with Gasteiger partial charge in [-0.2, -0.15) is 11.8 Å². The number of aliphatic hydroxyl groups excluding tert-OH is 1. The Morgan fingerprint density at radius 1 is 1.50 bits per heavy atom. The molecule has 0 saturated heterocycles. The fourth-order valence-corrected chi connectivity index (χ4v) is 3.57. The zero-order chi connectivity index (χ0) is 12.0. The van der Waals surface area contributed by atoms with E-state index in [9.17, 15) is 5.11 Å². The van der Waals surface area contributed by atoms with Crippen molar-refractivity contribution in [3.8, 4) is 0 Å². The molecule has 96 valence electrons. The molecule has 3 unspecified atom stereocenters. The molecule has 1 aliphatic rings. The largest absolute Gasteiger partial charge is 0.392 e. The SMILES string of the molecule is CCSCCC(O)C1(CN)CCC(CC)C1. The Morgan fingerprint density at radius 3 is 2.75 bits per heavy atom.